The summed E-state index contributed by atoms with van der Waals surface area (Å²) in [4.78, 5) is 3.88. The Hall–Kier alpha value is -1.81. The van der Waals surface area contributed by atoms with Crippen LogP contribution in [0.1, 0.15) is 11.1 Å². The fourth-order valence-electron chi connectivity index (χ4n) is 1.86. The standard InChI is InChI=1S/C14H13F2NO/c15-12-5-11(6-13(16)9-12)8-14(18)7-10-1-3-17-4-2-10/h1-6,9,14,18H,7-8H2. The van der Waals surface area contributed by atoms with Crippen LogP contribution >= 0.6 is 0 Å². The van der Waals surface area contributed by atoms with Crippen LogP contribution < -0.4 is 0 Å². The number of pyridine rings is 1. The van der Waals surface area contributed by atoms with Crippen LogP contribution in [0.4, 0.5) is 8.78 Å². The molecule has 0 aliphatic rings. The SMILES string of the molecule is OC(Cc1ccncc1)Cc1cc(F)cc(F)c1. The largest absolute Gasteiger partial charge is 0.392 e. The van der Waals surface area contributed by atoms with Crippen LogP contribution in [0.25, 0.3) is 0 Å². The van der Waals surface area contributed by atoms with Crippen molar-refractivity contribution in [3.05, 3.63) is 65.5 Å². The van der Waals surface area contributed by atoms with E-state index in [0.717, 1.165) is 11.6 Å². The molecule has 0 fully saturated rings. The van der Waals surface area contributed by atoms with E-state index in [4.69, 9.17) is 0 Å². The van der Waals surface area contributed by atoms with E-state index < -0.39 is 17.7 Å². The molecule has 1 unspecified atom stereocenters. The lowest BCUT2D eigenvalue weighted by atomic mass is 10.0. The molecule has 18 heavy (non-hydrogen) atoms. The Morgan fingerprint density at radius 2 is 1.50 bits per heavy atom. The first-order chi connectivity index (χ1) is 8.63. The average Bonchev–Trinajstić information content (AvgIpc) is 2.28. The molecule has 1 N–H and O–H groups in total. The summed E-state index contributed by atoms with van der Waals surface area (Å²) in [7, 11) is 0. The monoisotopic (exact) mass is 249 g/mol. The van der Waals surface area contributed by atoms with Gasteiger partial charge in [0, 0.05) is 18.5 Å². The van der Waals surface area contributed by atoms with Gasteiger partial charge in [-0.25, -0.2) is 8.78 Å². The molecule has 0 aliphatic heterocycles. The number of rotatable bonds is 4. The van der Waals surface area contributed by atoms with Gasteiger partial charge in [0.25, 0.3) is 0 Å². The summed E-state index contributed by atoms with van der Waals surface area (Å²) in [6.07, 6.45) is 3.26. The lowest BCUT2D eigenvalue weighted by Gasteiger charge is -2.10. The predicted octanol–water partition coefficient (Wildman–Crippen LogP) is 2.51. The third-order valence-electron chi connectivity index (χ3n) is 2.61. The lowest BCUT2D eigenvalue weighted by Crippen LogP contribution is -2.14. The van der Waals surface area contributed by atoms with Crippen LogP contribution in [0.2, 0.25) is 0 Å². The number of nitrogens with zero attached hydrogens (tertiary/aromatic N) is 1. The molecule has 0 radical (unpaired) electrons. The fourth-order valence-corrected chi connectivity index (χ4v) is 1.86. The quantitative estimate of drug-likeness (QED) is 0.903. The highest BCUT2D eigenvalue weighted by atomic mass is 19.1. The summed E-state index contributed by atoms with van der Waals surface area (Å²) >= 11 is 0. The first-order valence-electron chi connectivity index (χ1n) is 5.65. The average molecular weight is 249 g/mol. The zero-order valence-electron chi connectivity index (χ0n) is 9.68. The molecule has 0 amide bonds. The second-order valence-electron chi connectivity index (χ2n) is 4.20. The van der Waals surface area contributed by atoms with E-state index in [1.807, 2.05) is 0 Å². The molecular weight excluding hydrogens is 236 g/mol. The molecular formula is C14H13F2NO. The number of hydrogen-bond acceptors (Lipinski definition) is 2. The van der Waals surface area contributed by atoms with Gasteiger partial charge in [0.05, 0.1) is 6.10 Å². The Kier molecular flexibility index (Phi) is 3.99. The topological polar surface area (TPSA) is 33.1 Å². The summed E-state index contributed by atoms with van der Waals surface area (Å²) in [6.45, 7) is 0. The molecule has 0 saturated heterocycles. The molecule has 0 saturated carbocycles. The Balaban J connectivity index is 2.01. The maximum atomic E-state index is 13.0. The minimum atomic E-state index is -0.673. The second kappa shape index (κ2) is 5.69. The first-order valence-corrected chi connectivity index (χ1v) is 5.65. The summed E-state index contributed by atoms with van der Waals surface area (Å²) in [6, 6.07) is 6.89. The number of benzene rings is 1. The van der Waals surface area contributed by atoms with Gasteiger partial charge in [-0.2, -0.15) is 0 Å². The Labute approximate surface area is 104 Å². The second-order valence-corrected chi connectivity index (χ2v) is 4.20. The van der Waals surface area contributed by atoms with E-state index in [1.54, 1.807) is 24.5 Å². The summed E-state index contributed by atoms with van der Waals surface area (Å²) < 4.78 is 26.0. The molecule has 2 aromatic rings. The number of aliphatic hydroxyl groups is 1. The summed E-state index contributed by atoms with van der Waals surface area (Å²) in [5.41, 5.74) is 1.39. The molecule has 1 atom stereocenters. The van der Waals surface area contributed by atoms with E-state index in [9.17, 15) is 13.9 Å². The Morgan fingerprint density at radius 1 is 0.944 bits per heavy atom. The third kappa shape index (κ3) is 3.60. The first kappa shape index (κ1) is 12.6. The van der Waals surface area contributed by atoms with Crippen molar-refractivity contribution in [2.24, 2.45) is 0 Å². The number of aromatic nitrogens is 1. The van der Waals surface area contributed by atoms with Gasteiger partial charge in [0.15, 0.2) is 0 Å². The molecule has 2 rings (SSSR count). The minimum Gasteiger partial charge on any atom is -0.392 e. The van der Waals surface area contributed by atoms with Crippen molar-refractivity contribution in [3.63, 3.8) is 0 Å². The van der Waals surface area contributed by atoms with Crippen LogP contribution in [0.3, 0.4) is 0 Å². The smallest absolute Gasteiger partial charge is 0.126 e. The zero-order valence-corrected chi connectivity index (χ0v) is 9.68. The molecule has 0 aliphatic carbocycles. The van der Waals surface area contributed by atoms with Crippen molar-refractivity contribution in [1.82, 2.24) is 4.98 Å². The molecule has 4 heteroatoms. The Bertz CT molecular complexity index is 496. The van der Waals surface area contributed by atoms with Crippen molar-refractivity contribution < 1.29 is 13.9 Å². The van der Waals surface area contributed by atoms with E-state index in [-0.39, 0.29) is 6.42 Å². The molecule has 0 spiro atoms. The van der Waals surface area contributed by atoms with Crippen molar-refractivity contribution in [2.75, 3.05) is 0 Å². The highest BCUT2D eigenvalue weighted by Gasteiger charge is 2.09. The van der Waals surface area contributed by atoms with Crippen LogP contribution in [0.5, 0.6) is 0 Å². The molecule has 1 aromatic heterocycles. The molecule has 0 bridgehead atoms. The van der Waals surface area contributed by atoms with Gasteiger partial charge in [0.2, 0.25) is 0 Å². The minimum absolute atomic E-state index is 0.219. The van der Waals surface area contributed by atoms with Crippen molar-refractivity contribution in [3.8, 4) is 0 Å². The van der Waals surface area contributed by atoms with Gasteiger partial charge in [0.1, 0.15) is 11.6 Å². The van der Waals surface area contributed by atoms with Gasteiger partial charge in [-0.15, -0.1) is 0 Å². The van der Waals surface area contributed by atoms with Gasteiger partial charge in [-0.1, -0.05) is 0 Å². The predicted molar refractivity (Wildman–Crippen MR) is 64.0 cm³/mol. The van der Waals surface area contributed by atoms with Crippen LogP contribution in [0, 0.1) is 11.6 Å². The van der Waals surface area contributed by atoms with Gasteiger partial charge >= 0.3 is 0 Å². The van der Waals surface area contributed by atoms with Gasteiger partial charge in [-0.3, -0.25) is 4.98 Å². The molecule has 2 nitrogen and oxygen atoms in total. The number of halogens is 2. The Morgan fingerprint density at radius 3 is 2.11 bits per heavy atom. The van der Waals surface area contributed by atoms with Crippen molar-refractivity contribution >= 4 is 0 Å². The third-order valence-corrected chi connectivity index (χ3v) is 2.61. The van der Waals surface area contributed by atoms with E-state index in [0.29, 0.717) is 12.0 Å². The van der Waals surface area contributed by atoms with Crippen LogP contribution in [-0.4, -0.2) is 16.2 Å². The van der Waals surface area contributed by atoms with E-state index in [2.05, 4.69) is 4.98 Å². The normalized spacial score (nSPS) is 12.4. The molecule has 1 heterocycles. The zero-order chi connectivity index (χ0) is 13.0. The van der Waals surface area contributed by atoms with Crippen LogP contribution in [-0.2, 0) is 12.8 Å². The van der Waals surface area contributed by atoms with Crippen molar-refractivity contribution in [1.29, 1.82) is 0 Å². The maximum Gasteiger partial charge on any atom is 0.126 e. The molecule has 94 valence electrons. The highest BCUT2D eigenvalue weighted by molar-refractivity contribution is 5.19. The molecule has 1 aromatic carbocycles. The summed E-state index contributed by atoms with van der Waals surface area (Å²) in [5, 5.41) is 9.87. The van der Waals surface area contributed by atoms with E-state index >= 15 is 0 Å². The fraction of sp³-hybridized carbons (Fsp3) is 0.214. The maximum absolute atomic E-state index is 13.0. The lowest BCUT2D eigenvalue weighted by molar-refractivity contribution is 0.175. The van der Waals surface area contributed by atoms with Crippen molar-refractivity contribution in [2.45, 2.75) is 18.9 Å². The number of hydrogen-bond donors (Lipinski definition) is 1. The van der Waals surface area contributed by atoms with Gasteiger partial charge < -0.3 is 5.11 Å². The van der Waals surface area contributed by atoms with E-state index in [1.165, 1.54) is 12.1 Å². The summed E-state index contributed by atoms with van der Waals surface area (Å²) in [5.74, 6) is -1.25. The number of aliphatic hydroxyl groups excluding tert-OH is 1. The van der Waals surface area contributed by atoms with Crippen LogP contribution in [0.15, 0.2) is 42.7 Å². The highest BCUT2D eigenvalue weighted by Crippen LogP contribution is 2.12. The van der Waals surface area contributed by atoms with Gasteiger partial charge in [-0.05, 0) is 48.2 Å².